The number of benzene rings is 1. The zero-order valence-corrected chi connectivity index (χ0v) is 17.1. The standard InChI is InChI=1S/C20H26N4.HI/c1-2-21-20(24-18-10-3-4-11-18)23-15-16-8-7-9-17(14-16)19-12-5-6-13-22-19;/h5-9,12-14,18H,2-4,10-11,15H2,1H3,(H2,21,23,24);1H. The molecule has 25 heavy (non-hydrogen) atoms. The fourth-order valence-electron chi connectivity index (χ4n) is 3.12. The monoisotopic (exact) mass is 450 g/mol. The molecule has 0 spiro atoms. The molecule has 0 bridgehead atoms. The van der Waals surface area contributed by atoms with Gasteiger partial charge in [0.15, 0.2) is 5.96 Å². The summed E-state index contributed by atoms with van der Waals surface area (Å²) in [5.41, 5.74) is 3.33. The normalized spacial score (nSPS) is 14.8. The average Bonchev–Trinajstić information content (AvgIpc) is 3.14. The summed E-state index contributed by atoms with van der Waals surface area (Å²) in [6.07, 6.45) is 6.97. The largest absolute Gasteiger partial charge is 0.357 e. The van der Waals surface area contributed by atoms with Gasteiger partial charge < -0.3 is 10.6 Å². The van der Waals surface area contributed by atoms with Gasteiger partial charge in [0.05, 0.1) is 12.2 Å². The molecule has 2 aromatic rings. The molecule has 1 aromatic carbocycles. The highest BCUT2D eigenvalue weighted by molar-refractivity contribution is 14.0. The Hall–Kier alpha value is -1.63. The van der Waals surface area contributed by atoms with Crippen LogP contribution in [0.1, 0.15) is 38.2 Å². The first-order valence-corrected chi connectivity index (χ1v) is 8.90. The summed E-state index contributed by atoms with van der Waals surface area (Å²) in [5.74, 6) is 0.924. The van der Waals surface area contributed by atoms with Crippen LogP contribution < -0.4 is 10.6 Å². The second kappa shape index (κ2) is 10.4. The molecule has 0 atom stereocenters. The molecule has 2 N–H and O–H groups in total. The predicted octanol–water partition coefficient (Wildman–Crippen LogP) is 4.36. The maximum atomic E-state index is 4.76. The molecule has 3 rings (SSSR count). The molecule has 134 valence electrons. The molecule has 1 aliphatic rings. The van der Waals surface area contributed by atoms with Gasteiger partial charge in [-0.05, 0) is 43.5 Å². The molecule has 1 fully saturated rings. The summed E-state index contributed by atoms with van der Waals surface area (Å²) in [4.78, 5) is 9.18. The number of aromatic nitrogens is 1. The van der Waals surface area contributed by atoms with Crippen LogP contribution in [0.2, 0.25) is 0 Å². The smallest absolute Gasteiger partial charge is 0.191 e. The maximum Gasteiger partial charge on any atom is 0.191 e. The number of nitrogens with zero attached hydrogens (tertiary/aromatic N) is 2. The van der Waals surface area contributed by atoms with Crippen molar-refractivity contribution in [1.29, 1.82) is 0 Å². The summed E-state index contributed by atoms with van der Waals surface area (Å²) < 4.78 is 0. The molecule has 1 aromatic heterocycles. The Morgan fingerprint density at radius 3 is 2.72 bits per heavy atom. The van der Waals surface area contributed by atoms with Gasteiger partial charge in [0, 0.05) is 24.3 Å². The third kappa shape index (κ3) is 5.99. The van der Waals surface area contributed by atoms with Crippen molar-refractivity contribution < 1.29 is 0 Å². The lowest BCUT2D eigenvalue weighted by Gasteiger charge is -2.16. The van der Waals surface area contributed by atoms with Crippen LogP contribution in [0.5, 0.6) is 0 Å². The second-order valence-electron chi connectivity index (χ2n) is 6.24. The van der Waals surface area contributed by atoms with Crippen LogP contribution in [0.15, 0.2) is 53.7 Å². The molecule has 4 nitrogen and oxygen atoms in total. The van der Waals surface area contributed by atoms with Crippen molar-refractivity contribution in [3.63, 3.8) is 0 Å². The number of aliphatic imine (C=N–C) groups is 1. The zero-order valence-electron chi connectivity index (χ0n) is 14.7. The lowest BCUT2D eigenvalue weighted by atomic mass is 10.1. The fourth-order valence-corrected chi connectivity index (χ4v) is 3.12. The van der Waals surface area contributed by atoms with E-state index in [0.717, 1.165) is 23.8 Å². The van der Waals surface area contributed by atoms with E-state index in [9.17, 15) is 0 Å². The molecule has 0 radical (unpaired) electrons. The van der Waals surface area contributed by atoms with Crippen molar-refractivity contribution in [1.82, 2.24) is 15.6 Å². The molecule has 0 unspecified atom stereocenters. The lowest BCUT2D eigenvalue weighted by Crippen LogP contribution is -2.42. The van der Waals surface area contributed by atoms with Gasteiger partial charge in [-0.2, -0.15) is 0 Å². The first-order chi connectivity index (χ1) is 11.8. The van der Waals surface area contributed by atoms with E-state index in [0.29, 0.717) is 12.6 Å². The van der Waals surface area contributed by atoms with E-state index in [4.69, 9.17) is 4.99 Å². The number of nitrogens with one attached hydrogen (secondary N) is 2. The van der Waals surface area contributed by atoms with Crippen molar-refractivity contribution in [2.45, 2.75) is 45.2 Å². The Bertz CT molecular complexity index is 666. The third-order valence-corrected chi connectivity index (χ3v) is 4.35. The minimum Gasteiger partial charge on any atom is -0.357 e. The first-order valence-electron chi connectivity index (χ1n) is 8.90. The molecule has 1 saturated carbocycles. The van der Waals surface area contributed by atoms with Crippen molar-refractivity contribution in [3.8, 4) is 11.3 Å². The molecule has 1 aliphatic carbocycles. The molecular weight excluding hydrogens is 423 g/mol. The van der Waals surface area contributed by atoms with Crippen LogP contribution in [0.4, 0.5) is 0 Å². The molecule has 1 heterocycles. The van der Waals surface area contributed by atoms with Crippen molar-refractivity contribution in [2.75, 3.05) is 6.54 Å². The number of guanidine groups is 1. The Labute approximate surface area is 167 Å². The average molecular weight is 450 g/mol. The molecule has 5 heteroatoms. The number of rotatable bonds is 5. The molecule has 0 saturated heterocycles. The SMILES string of the molecule is CCNC(=NCc1cccc(-c2ccccn2)c1)NC1CCCC1.I. The van der Waals surface area contributed by atoms with Gasteiger partial charge in [0.2, 0.25) is 0 Å². The minimum atomic E-state index is 0. The number of halogens is 1. The van der Waals surface area contributed by atoms with Crippen molar-refractivity contribution in [3.05, 3.63) is 54.2 Å². The Morgan fingerprint density at radius 1 is 1.16 bits per heavy atom. The van der Waals surface area contributed by atoms with E-state index >= 15 is 0 Å². The topological polar surface area (TPSA) is 49.3 Å². The van der Waals surface area contributed by atoms with E-state index in [1.165, 1.54) is 31.2 Å². The number of pyridine rings is 1. The Kier molecular flexibility index (Phi) is 8.18. The van der Waals surface area contributed by atoms with E-state index < -0.39 is 0 Å². The molecule has 0 amide bonds. The molecular formula is C20H27IN4. The van der Waals surface area contributed by atoms with Gasteiger partial charge in [-0.15, -0.1) is 24.0 Å². The predicted molar refractivity (Wildman–Crippen MR) is 115 cm³/mol. The van der Waals surface area contributed by atoms with Crippen LogP contribution in [0.3, 0.4) is 0 Å². The lowest BCUT2D eigenvalue weighted by molar-refractivity contribution is 0.614. The minimum absolute atomic E-state index is 0. The van der Waals surface area contributed by atoms with Crippen molar-refractivity contribution in [2.24, 2.45) is 4.99 Å². The third-order valence-electron chi connectivity index (χ3n) is 4.35. The highest BCUT2D eigenvalue weighted by atomic mass is 127. The Morgan fingerprint density at radius 2 is 2.00 bits per heavy atom. The summed E-state index contributed by atoms with van der Waals surface area (Å²) in [5, 5.41) is 6.91. The highest BCUT2D eigenvalue weighted by Crippen LogP contribution is 2.19. The molecule has 0 aliphatic heterocycles. The zero-order chi connectivity index (χ0) is 16.6. The summed E-state index contributed by atoms with van der Waals surface area (Å²) in [6.45, 7) is 3.66. The van der Waals surface area contributed by atoms with Crippen LogP contribution in [0.25, 0.3) is 11.3 Å². The van der Waals surface area contributed by atoms with E-state index in [1.807, 2.05) is 24.4 Å². The van der Waals surface area contributed by atoms with Crippen molar-refractivity contribution >= 4 is 29.9 Å². The van der Waals surface area contributed by atoms with Crippen LogP contribution >= 0.6 is 24.0 Å². The summed E-state index contributed by atoms with van der Waals surface area (Å²) >= 11 is 0. The van der Waals surface area contributed by atoms with Gasteiger partial charge in [0.1, 0.15) is 0 Å². The quantitative estimate of drug-likeness (QED) is 0.404. The van der Waals surface area contributed by atoms with Crippen LogP contribution in [-0.2, 0) is 6.54 Å². The van der Waals surface area contributed by atoms with Gasteiger partial charge >= 0.3 is 0 Å². The summed E-state index contributed by atoms with van der Waals surface area (Å²) in [6, 6.07) is 15.0. The highest BCUT2D eigenvalue weighted by Gasteiger charge is 2.15. The van der Waals surface area contributed by atoms with Crippen LogP contribution in [0, 0.1) is 0 Å². The van der Waals surface area contributed by atoms with E-state index in [2.05, 4.69) is 46.8 Å². The summed E-state index contributed by atoms with van der Waals surface area (Å²) in [7, 11) is 0. The van der Waals surface area contributed by atoms with Gasteiger partial charge in [0.25, 0.3) is 0 Å². The number of hydrogen-bond donors (Lipinski definition) is 2. The first kappa shape index (κ1) is 19.7. The Balaban J connectivity index is 0.00000225. The van der Waals surface area contributed by atoms with Crippen LogP contribution in [-0.4, -0.2) is 23.5 Å². The second-order valence-corrected chi connectivity index (χ2v) is 6.24. The number of hydrogen-bond acceptors (Lipinski definition) is 2. The maximum absolute atomic E-state index is 4.76. The van der Waals surface area contributed by atoms with Gasteiger partial charge in [-0.1, -0.05) is 37.1 Å². The van der Waals surface area contributed by atoms with Gasteiger partial charge in [-0.25, -0.2) is 4.99 Å². The van der Waals surface area contributed by atoms with Gasteiger partial charge in [-0.3, -0.25) is 4.98 Å². The fraction of sp³-hybridized carbons (Fsp3) is 0.400. The van der Waals surface area contributed by atoms with E-state index in [1.54, 1.807) is 0 Å². The van der Waals surface area contributed by atoms with E-state index in [-0.39, 0.29) is 24.0 Å².